The molecule has 1 aliphatic rings. The van der Waals surface area contributed by atoms with Crippen molar-refractivity contribution < 1.29 is 23.1 Å². The van der Waals surface area contributed by atoms with Crippen LogP contribution >= 0.6 is 0 Å². The van der Waals surface area contributed by atoms with E-state index in [4.69, 9.17) is 0 Å². The van der Waals surface area contributed by atoms with Gasteiger partial charge in [0, 0.05) is 11.5 Å². The lowest BCUT2D eigenvalue weighted by molar-refractivity contribution is -0.141. The Hall–Kier alpha value is -1.83. The molecule has 8 heteroatoms. The van der Waals surface area contributed by atoms with Crippen LogP contribution in [0.4, 0.5) is 13.2 Å². The van der Waals surface area contributed by atoms with Gasteiger partial charge in [0.2, 0.25) is 0 Å². The number of aromatic nitrogens is 1. The average Bonchev–Trinajstić information content (AvgIpc) is 2.37. The third-order valence-corrected chi connectivity index (χ3v) is 3.98. The van der Waals surface area contributed by atoms with Crippen LogP contribution in [0.2, 0.25) is 0 Å². The number of rotatable bonds is 2. The first-order chi connectivity index (χ1) is 9.53. The van der Waals surface area contributed by atoms with E-state index >= 15 is 0 Å². The van der Waals surface area contributed by atoms with E-state index in [2.05, 4.69) is 5.32 Å². The number of aromatic amines is 1. The van der Waals surface area contributed by atoms with E-state index in [1.54, 1.807) is 18.8 Å². The van der Waals surface area contributed by atoms with Gasteiger partial charge in [0.05, 0.1) is 6.10 Å². The molecule has 1 heterocycles. The predicted octanol–water partition coefficient (Wildman–Crippen LogP) is 1.28. The second-order valence-electron chi connectivity index (χ2n) is 5.71. The summed E-state index contributed by atoms with van der Waals surface area (Å²) < 4.78 is 37.3. The van der Waals surface area contributed by atoms with Gasteiger partial charge in [-0.25, -0.2) is 0 Å². The second kappa shape index (κ2) is 4.87. The van der Waals surface area contributed by atoms with E-state index in [1.807, 2.05) is 0 Å². The molecule has 0 saturated heterocycles. The van der Waals surface area contributed by atoms with Crippen molar-refractivity contribution in [2.45, 2.75) is 38.6 Å². The summed E-state index contributed by atoms with van der Waals surface area (Å²) in [6, 6.07) is 1.16. The average molecular weight is 304 g/mol. The molecule has 0 aliphatic heterocycles. The number of halogens is 3. The first-order valence-corrected chi connectivity index (χ1v) is 6.33. The summed E-state index contributed by atoms with van der Waals surface area (Å²) in [6.45, 7) is 3.51. The Balaban J connectivity index is 2.16. The van der Waals surface area contributed by atoms with Crippen LogP contribution in [0.1, 0.15) is 36.3 Å². The highest BCUT2D eigenvalue weighted by Gasteiger charge is 2.48. The Kier molecular flexibility index (Phi) is 3.61. The summed E-state index contributed by atoms with van der Waals surface area (Å²) >= 11 is 0. The van der Waals surface area contributed by atoms with Gasteiger partial charge < -0.3 is 15.4 Å². The van der Waals surface area contributed by atoms with Crippen molar-refractivity contribution in [2.75, 3.05) is 0 Å². The number of amides is 1. The van der Waals surface area contributed by atoms with Crippen molar-refractivity contribution in [1.29, 1.82) is 0 Å². The van der Waals surface area contributed by atoms with Crippen LogP contribution in [-0.4, -0.2) is 28.1 Å². The summed E-state index contributed by atoms with van der Waals surface area (Å²) in [6.07, 6.45) is -4.89. The Morgan fingerprint density at radius 2 is 2.05 bits per heavy atom. The predicted molar refractivity (Wildman–Crippen MR) is 67.7 cm³/mol. The van der Waals surface area contributed by atoms with Gasteiger partial charge in [-0.3, -0.25) is 9.59 Å². The molecule has 3 N–H and O–H groups in total. The molecule has 2 atom stereocenters. The number of pyridine rings is 1. The summed E-state index contributed by atoms with van der Waals surface area (Å²) in [5.74, 6) is -0.755. The first kappa shape index (κ1) is 15.6. The molecular weight excluding hydrogens is 289 g/mol. The van der Waals surface area contributed by atoms with Crippen molar-refractivity contribution in [3.05, 3.63) is 33.7 Å². The Morgan fingerprint density at radius 1 is 1.43 bits per heavy atom. The van der Waals surface area contributed by atoms with E-state index in [9.17, 15) is 27.9 Å². The molecule has 5 nitrogen and oxygen atoms in total. The van der Waals surface area contributed by atoms with Crippen LogP contribution in [0, 0.1) is 5.41 Å². The first-order valence-electron chi connectivity index (χ1n) is 6.33. The van der Waals surface area contributed by atoms with Crippen LogP contribution in [0.25, 0.3) is 0 Å². The minimum Gasteiger partial charge on any atom is -0.392 e. The minimum absolute atomic E-state index is 0.332. The fourth-order valence-corrected chi connectivity index (χ4v) is 2.20. The Labute approximate surface area is 118 Å². The molecule has 0 spiro atoms. The quantitative estimate of drug-likeness (QED) is 0.770. The number of H-pyrrole nitrogens is 1. The lowest BCUT2D eigenvalue weighted by Crippen LogP contribution is -2.61. The smallest absolute Gasteiger partial charge is 0.392 e. The number of aliphatic hydroxyl groups excluding tert-OH is 1. The molecule has 1 amide bonds. The largest absolute Gasteiger partial charge is 0.431 e. The molecule has 2 unspecified atom stereocenters. The lowest BCUT2D eigenvalue weighted by Gasteiger charge is -2.49. The number of carbonyl (C=O) groups excluding carboxylic acids is 1. The molecule has 1 aromatic rings. The van der Waals surface area contributed by atoms with Crippen molar-refractivity contribution >= 4 is 5.91 Å². The summed E-state index contributed by atoms with van der Waals surface area (Å²) in [4.78, 5) is 25.2. The number of hydrogen-bond acceptors (Lipinski definition) is 3. The summed E-state index contributed by atoms with van der Waals surface area (Å²) in [7, 11) is 0. The Morgan fingerprint density at radius 3 is 2.48 bits per heavy atom. The molecule has 21 heavy (non-hydrogen) atoms. The van der Waals surface area contributed by atoms with Gasteiger partial charge >= 0.3 is 6.18 Å². The van der Waals surface area contributed by atoms with Crippen LogP contribution in [0.5, 0.6) is 0 Å². The van der Waals surface area contributed by atoms with Crippen LogP contribution in [-0.2, 0) is 6.18 Å². The van der Waals surface area contributed by atoms with E-state index in [-0.39, 0.29) is 11.6 Å². The number of nitrogens with one attached hydrogen (secondary N) is 2. The van der Waals surface area contributed by atoms with Crippen molar-refractivity contribution in [1.82, 2.24) is 10.3 Å². The van der Waals surface area contributed by atoms with Crippen LogP contribution in [0.3, 0.4) is 0 Å². The monoisotopic (exact) mass is 304 g/mol. The van der Waals surface area contributed by atoms with Crippen molar-refractivity contribution in [2.24, 2.45) is 5.41 Å². The molecule has 116 valence electrons. The van der Waals surface area contributed by atoms with Gasteiger partial charge in [-0.1, -0.05) is 13.8 Å². The normalized spacial score (nSPS) is 24.3. The van der Waals surface area contributed by atoms with Gasteiger partial charge in [-0.15, -0.1) is 0 Å². The number of alkyl halides is 3. The van der Waals surface area contributed by atoms with Crippen molar-refractivity contribution in [3.8, 4) is 0 Å². The molecule has 1 saturated carbocycles. The molecule has 0 radical (unpaired) electrons. The molecule has 0 aromatic carbocycles. The molecule has 2 rings (SSSR count). The minimum atomic E-state index is -4.67. The maximum absolute atomic E-state index is 12.4. The van der Waals surface area contributed by atoms with Gasteiger partial charge in [0.25, 0.3) is 11.5 Å². The number of hydrogen-bond donors (Lipinski definition) is 3. The van der Waals surface area contributed by atoms with Crippen LogP contribution in [0.15, 0.2) is 16.9 Å². The van der Waals surface area contributed by atoms with E-state index in [0.29, 0.717) is 12.5 Å². The maximum Gasteiger partial charge on any atom is 0.431 e. The third kappa shape index (κ3) is 2.80. The summed E-state index contributed by atoms with van der Waals surface area (Å²) in [5, 5.41) is 12.1. The molecule has 0 bridgehead atoms. The highest BCUT2D eigenvalue weighted by atomic mass is 19.4. The van der Waals surface area contributed by atoms with Gasteiger partial charge in [0.15, 0.2) is 0 Å². The van der Waals surface area contributed by atoms with Crippen molar-refractivity contribution in [3.63, 3.8) is 0 Å². The van der Waals surface area contributed by atoms with Gasteiger partial charge in [-0.2, -0.15) is 13.2 Å². The SMILES string of the molecule is CC1(C)C(O)CC1NC(=O)c1ccc(C(F)(F)F)[nH]c1=O. The fourth-order valence-electron chi connectivity index (χ4n) is 2.20. The molecule has 1 fully saturated rings. The molecule has 1 aliphatic carbocycles. The zero-order valence-electron chi connectivity index (χ0n) is 11.4. The van der Waals surface area contributed by atoms with Gasteiger partial charge in [-0.05, 0) is 18.6 Å². The second-order valence-corrected chi connectivity index (χ2v) is 5.71. The van der Waals surface area contributed by atoms with E-state index in [1.165, 1.54) is 0 Å². The number of carbonyl (C=O) groups is 1. The van der Waals surface area contributed by atoms with Gasteiger partial charge in [0.1, 0.15) is 11.3 Å². The van der Waals surface area contributed by atoms with Crippen LogP contribution < -0.4 is 10.9 Å². The third-order valence-electron chi connectivity index (χ3n) is 3.98. The Bertz CT molecular complexity index is 622. The van der Waals surface area contributed by atoms with E-state index < -0.39 is 34.9 Å². The summed E-state index contributed by atoms with van der Waals surface area (Å²) in [5.41, 5.74) is -3.22. The highest BCUT2D eigenvalue weighted by molar-refractivity contribution is 5.94. The number of aliphatic hydroxyl groups is 1. The zero-order valence-corrected chi connectivity index (χ0v) is 11.4. The van der Waals surface area contributed by atoms with E-state index in [0.717, 1.165) is 6.07 Å². The zero-order chi connectivity index (χ0) is 16.0. The topological polar surface area (TPSA) is 82.2 Å². The lowest BCUT2D eigenvalue weighted by atomic mass is 9.64. The fraction of sp³-hybridized carbons (Fsp3) is 0.538. The standard InChI is InChI=1S/C13H15F3N2O3/c1-12(2)8(5-9(12)19)18-11(21)6-3-4-7(13(14,15)16)17-10(6)20/h3-4,8-9,19H,5H2,1-2H3,(H,17,20)(H,18,21). The molecular formula is C13H15F3N2O3. The maximum atomic E-state index is 12.4. The highest BCUT2D eigenvalue weighted by Crippen LogP contribution is 2.40. The molecule has 1 aromatic heterocycles.